The van der Waals surface area contributed by atoms with Crippen molar-refractivity contribution in [3.05, 3.63) is 65.9 Å². The van der Waals surface area contributed by atoms with Gasteiger partial charge in [-0.1, -0.05) is 67.8 Å². The lowest BCUT2D eigenvalue weighted by Crippen LogP contribution is -2.34. The Morgan fingerprint density at radius 3 is 2.57 bits per heavy atom. The summed E-state index contributed by atoms with van der Waals surface area (Å²) in [5.74, 6) is -0.622. The zero-order valence-electron chi connectivity index (χ0n) is 20.1. The van der Waals surface area contributed by atoms with Crippen LogP contribution in [0.2, 0.25) is 0 Å². The normalized spacial score (nSPS) is 16.2. The van der Waals surface area contributed by atoms with Crippen LogP contribution >= 0.6 is 0 Å². The number of aryl methyl sites for hydroxylation is 1. The third kappa shape index (κ3) is 6.78. The highest BCUT2D eigenvalue weighted by Crippen LogP contribution is 2.27. The molecule has 2 heterocycles. The fourth-order valence-corrected chi connectivity index (χ4v) is 4.58. The largest absolute Gasteiger partial charge is 0.461 e. The number of ether oxygens (including phenoxy) is 1. The summed E-state index contributed by atoms with van der Waals surface area (Å²) in [6.07, 6.45) is 7.87. The first-order valence-corrected chi connectivity index (χ1v) is 12.6. The average molecular weight is 476 g/mol. The van der Waals surface area contributed by atoms with Crippen LogP contribution in [0.1, 0.15) is 75.1 Å². The number of unbranched alkanes of at least 4 members (excludes halogenated alkanes) is 4. The quantitative estimate of drug-likeness (QED) is 0.239. The van der Waals surface area contributed by atoms with E-state index < -0.39 is 6.04 Å². The second-order valence-corrected chi connectivity index (χ2v) is 9.14. The molecule has 1 fully saturated rings. The Hall–Kier alpha value is -3.48. The highest BCUT2D eigenvalue weighted by atomic mass is 16.5. The molecule has 1 saturated heterocycles. The standard InChI is InChI=1S/C28H33N3O4/c32-26-18-11-17-25(28(34)29-26)31-24-16-10-9-14-22(24)23(30-31)15-7-2-1-3-8-19-27(33)35-20-21-12-5-4-6-13-21/h4-6,9-10,12-14,16,25H,1-3,7-8,11,15,17-20H2,(H,29,32,34). The van der Waals surface area contributed by atoms with Crippen LogP contribution in [-0.2, 0) is 32.1 Å². The fourth-order valence-electron chi connectivity index (χ4n) is 4.58. The number of esters is 1. The molecule has 35 heavy (non-hydrogen) atoms. The Labute approximate surface area is 205 Å². The van der Waals surface area contributed by atoms with Crippen LogP contribution in [0, 0.1) is 0 Å². The van der Waals surface area contributed by atoms with Crippen molar-refractivity contribution in [1.82, 2.24) is 15.1 Å². The summed E-state index contributed by atoms with van der Waals surface area (Å²) in [5.41, 5.74) is 2.93. The number of carbonyl (C=O) groups excluding carboxylic acids is 3. The van der Waals surface area contributed by atoms with Crippen molar-refractivity contribution in [1.29, 1.82) is 0 Å². The molecule has 1 aliphatic rings. The van der Waals surface area contributed by atoms with Crippen LogP contribution in [0.25, 0.3) is 10.9 Å². The second-order valence-electron chi connectivity index (χ2n) is 9.14. The van der Waals surface area contributed by atoms with Gasteiger partial charge in [0.2, 0.25) is 5.91 Å². The van der Waals surface area contributed by atoms with E-state index in [1.54, 1.807) is 4.68 Å². The number of fused-ring (bicyclic) bond motifs is 1. The summed E-state index contributed by atoms with van der Waals surface area (Å²) >= 11 is 0. The van der Waals surface area contributed by atoms with Gasteiger partial charge in [-0.3, -0.25) is 24.4 Å². The number of nitrogens with one attached hydrogen (secondary N) is 1. The van der Waals surface area contributed by atoms with Gasteiger partial charge in [-0.2, -0.15) is 5.10 Å². The minimum absolute atomic E-state index is 0.143. The zero-order chi connectivity index (χ0) is 24.5. The van der Waals surface area contributed by atoms with Crippen LogP contribution in [0.4, 0.5) is 0 Å². The number of rotatable bonds is 11. The van der Waals surface area contributed by atoms with Crippen molar-refractivity contribution >= 4 is 28.7 Å². The van der Waals surface area contributed by atoms with Gasteiger partial charge in [0, 0.05) is 18.2 Å². The van der Waals surface area contributed by atoms with Crippen molar-refractivity contribution in [2.24, 2.45) is 0 Å². The van der Waals surface area contributed by atoms with Gasteiger partial charge in [0.05, 0.1) is 11.2 Å². The Kier molecular flexibility index (Phi) is 8.65. The van der Waals surface area contributed by atoms with Gasteiger partial charge >= 0.3 is 5.97 Å². The summed E-state index contributed by atoms with van der Waals surface area (Å²) < 4.78 is 7.14. The molecule has 3 aromatic rings. The van der Waals surface area contributed by atoms with Crippen LogP contribution in [0.5, 0.6) is 0 Å². The van der Waals surface area contributed by atoms with E-state index in [9.17, 15) is 14.4 Å². The van der Waals surface area contributed by atoms with Gasteiger partial charge in [0.1, 0.15) is 12.6 Å². The molecular formula is C28H33N3O4. The van der Waals surface area contributed by atoms with E-state index in [1.165, 1.54) is 0 Å². The van der Waals surface area contributed by atoms with Crippen molar-refractivity contribution in [2.75, 3.05) is 0 Å². The molecule has 0 saturated carbocycles. The molecule has 0 bridgehead atoms. The van der Waals surface area contributed by atoms with Gasteiger partial charge in [-0.15, -0.1) is 0 Å². The number of aromatic nitrogens is 2. The molecule has 184 valence electrons. The Balaban J connectivity index is 1.21. The molecule has 1 N–H and O–H groups in total. The lowest BCUT2D eigenvalue weighted by atomic mass is 10.1. The van der Waals surface area contributed by atoms with Crippen molar-refractivity contribution in [3.8, 4) is 0 Å². The van der Waals surface area contributed by atoms with Gasteiger partial charge in [0.15, 0.2) is 0 Å². The van der Waals surface area contributed by atoms with Crippen molar-refractivity contribution in [3.63, 3.8) is 0 Å². The number of imide groups is 1. The van der Waals surface area contributed by atoms with Crippen LogP contribution in [-0.4, -0.2) is 27.6 Å². The van der Waals surface area contributed by atoms with E-state index in [-0.39, 0.29) is 17.8 Å². The predicted molar refractivity (Wildman–Crippen MR) is 133 cm³/mol. The van der Waals surface area contributed by atoms with E-state index in [4.69, 9.17) is 9.84 Å². The van der Waals surface area contributed by atoms with Gasteiger partial charge in [-0.25, -0.2) is 0 Å². The van der Waals surface area contributed by atoms with Crippen LogP contribution in [0.15, 0.2) is 54.6 Å². The van der Waals surface area contributed by atoms with Crippen molar-refractivity contribution in [2.45, 2.75) is 76.9 Å². The highest BCUT2D eigenvalue weighted by molar-refractivity contribution is 5.98. The van der Waals surface area contributed by atoms with Crippen molar-refractivity contribution < 1.29 is 19.1 Å². The fraction of sp³-hybridized carbons (Fsp3) is 0.429. The number of carbonyl (C=O) groups is 3. The molecule has 7 heteroatoms. The first-order chi connectivity index (χ1) is 17.1. The maximum atomic E-state index is 12.6. The summed E-state index contributed by atoms with van der Waals surface area (Å²) in [6.45, 7) is 0.332. The van der Waals surface area contributed by atoms with Gasteiger partial charge in [-0.05, 0) is 43.7 Å². The summed E-state index contributed by atoms with van der Waals surface area (Å²) in [5, 5.41) is 8.37. The first-order valence-electron chi connectivity index (χ1n) is 12.6. The SMILES string of the molecule is O=C1CCCC(n2nc(CCCCCCCC(=O)OCc3ccccc3)c3ccccc32)C(=O)N1. The Morgan fingerprint density at radius 2 is 1.71 bits per heavy atom. The highest BCUT2D eigenvalue weighted by Gasteiger charge is 2.28. The molecule has 2 aromatic carbocycles. The zero-order valence-corrected chi connectivity index (χ0v) is 20.1. The minimum atomic E-state index is -0.457. The predicted octanol–water partition coefficient (Wildman–Crippen LogP) is 5.03. The molecule has 1 aliphatic heterocycles. The molecule has 7 nitrogen and oxygen atoms in total. The minimum Gasteiger partial charge on any atom is -0.461 e. The van der Waals surface area contributed by atoms with Gasteiger partial charge < -0.3 is 4.74 Å². The number of nitrogens with zero attached hydrogens (tertiary/aromatic N) is 2. The molecule has 0 radical (unpaired) electrons. The monoisotopic (exact) mass is 475 g/mol. The third-order valence-electron chi connectivity index (χ3n) is 6.47. The molecule has 1 aromatic heterocycles. The lowest BCUT2D eigenvalue weighted by Gasteiger charge is -2.14. The number of hydrogen-bond acceptors (Lipinski definition) is 5. The summed E-state index contributed by atoms with van der Waals surface area (Å²) in [7, 11) is 0. The topological polar surface area (TPSA) is 90.3 Å². The molecule has 2 amide bonds. The maximum Gasteiger partial charge on any atom is 0.306 e. The van der Waals surface area contributed by atoms with Crippen LogP contribution < -0.4 is 5.32 Å². The molecule has 1 unspecified atom stereocenters. The molecule has 1 atom stereocenters. The number of hydrogen-bond donors (Lipinski definition) is 1. The lowest BCUT2D eigenvalue weighted by molar-refractivity contribution is -0.145. The van der Waals surface area contributed by atoms with Gasteiger partial charge in [0.25, 0.3) is 5.91 Å². The number of para-hydroxylation sites is 1. The van der Waals surface area contributed by atoms with E-state index in [2.05, 4.69) is 11.4 Å². The van der Waals surface area contributed by atoms with E-state index in [0.29, 0.717) is 32.3 Å². The molecule has 0 spiro atoms. The summed E-state index contributed by atoms with van der Waals surface area (Å²) in [4.78, 5) is 36.2. The maximum absolute atomic E-state index is 12.6. The second kappa shape index (κ2) is 12.3. The van der Waals surface area contributed by atoms with E-state index in [1.807, 2.05) is 48.5 Å². The third-order valence-corrected chi connectivity index (χ3v) is 6.47. The number of benzene rings is 2. The number of amides is 2. The molecule has 0 aliphatic carbocycles. The molecular weight excluding hydrogens is 442 g/mol. The summed E-state index contributed by atoms with van der Waals surface area (Å²) in [6, 6.07) is 17.2. The smallest absolute Gasteiger partial charge is 0.306 e. The van der Waals surface area contributed by atoms with E-state index >= 15 is 0 Å². The first kappa shape index (κ1) is 24.6. The van der Waals surface area contributed by atoms with Crippen LogP contribution in [0.3, 0.4) is 0 Å². The van der Waals surface area contributed by atoms with E-state index in [0.717, 1.165) is 60.7 Å². The Bertz CT molecular complexity index is 1160. The Morgan fingerprint density at radius 1 is 0.971 bits per heavy atom. The average Bonchev–Trinajstić information content (AvgIpc) is 3.14. The molecule has 4 rings (SSSR count).